The van der Waals surface area contributed by atoms with E-state index in [0.29, 0.717) is 0 Å². The van der Waals surface area contributed by atoms with Gasteiger partial charge in [-0.2, -0.15) is 4.90 Å². The molecule has 0 saturated heterocycles. The van der Waals surface area contributed by atoms with Gasteiger partial charge >= 0.3 is 0 Å². The molecule has 45 heavy (non-hydrogen) atoms. The summed E-state index contributed by atoms with van der Waals surface area (Å²) in [5.41, 5.74) is 15.7. The second-order valence-electron chi connectivity index (χ2n) is 15.0. The molecular formula is C40H32N5+. The third-order valence-electron chi connectivity index (χ3n) is 12.5. The Morgan fingerprint density at radius 2 is 1.38 bits per heavy atom. The maximum atomic E-state index is 2.70. The number of aromatic nitrogens is 2. The summed E-state index contributed by atoms with van der Waals surface area (Å²) in [5, 5.41) is 2.65. The first-order valence-electron chi connectivity index (χ1n) is 16.2. The van der Waals surface area contributed by atoms with Gasteiger partial charge in [0.1, 0.15) is 11.4 Å². The summed E-state index contributed by atoms with van der Waals surface area (Å²) in [6.07, 6.45) is 7.04. The molecule has 0 amide bonds. The molecule has 8 heterocycles. The second kappa shape index (κ2) is 6.64. The third-order valence-corrected chi connectivity index (χ3v) is 12.5. The zero-order valence-electron chi connectivity index (χ0n) is 26.1. The standard InChI is InChI=1S/C40H32N5/c1-38(2)24-11-8-12-25-34(24)45-35-26(38)16-18-30-32(35)40(43-19-9-13-27(36(43)45)39(25,3)4)31-29(42-21-20-41(5)37(40)42)17-15-23-22-10-6-7-14-28(22)44(30)33(23)31/h6-21,37H,1-5H3/q+1. The predicted molar refractivity (Wildman–Crippen MR) is 179 cm³/mol. The summed E-state index contributed by atoms with van der Waals surface area (Å²) >= 11 is 0. The minimum atomic E-state index is -0.462. The smallest absolute Gasteiger partial charge is 0.292 e. The van der Waals surface area contributed by atoms with Crippen LogP contribution in [-0.2, 0) is 16.4 Å². The van der Waals surface area contributed by atoms with Crippen LogP contribution >= 0.6 is 0 Å². The fourth-order valence-corrected chi connectivity index (χ4v) is 10.7. The first-order chi connectivity index (χ1) is 21.8. The number of rotatable bonds is 0. The first kappa shape index (κ1) is 23.4. The van der Waals surface area contributed by atoms with Crippen LogP contribution in [0.1, 0.15) is 61.1 Å². The number of likely N-dealkylation sites (N-methyl/N-ethyl adjacent to an activating group) is 1. The SMILES string of the molecule is CN1C=CN2c3ccc4c5ccccc5n5c4c3C3(c4c-5ccc5c4N4c6c(cccc6C(C)(C)c6ccc[n+]3c64)C5(C)C)C12. The molecule has 0 bridgehead atoms. The van der Waals surface area contributed by atoms with E-state index in [0.717, 1.165) is 0 Å². The lowest BCUT2D eigenvalue weighted by atomic mass is 9.63. The molecule has 5 nitrogen and oxygen atoms in total. The van der Waals surface area contributed by atoms with Gasteiger partial charge in [0.05, 0.1) is 45.3 Å². The number of hydrogen-bond acceptors (Lipinski definition) is 3. The van der Waals surface area contributed by atoms with E-state index in [-0.39, 0.29) is 17.0 Å². The Labute approximate surface area is 261 Å². The van der Waals surface area contributed by atoms with Gasteiger partial charge in [-0.25, -0.2) is 4.57 Å². The molecule has 1 spiro atoms. The Morgan fingerprint density at radius 3 is 2.22 bits per heavy atom. The normalized spacial score (nSPS) is 23.7. The van der Waals surface area contributed by atoms with Gasteiger partial charge in [0, 0.05) is 57.7 Å². The molecule has 0 saturated carbocycles. The highest BCUT2D eigenvalue weighted by Gasteiger charge is 2.70. The van der Waals surface area contributed by atoms with Crippen LogP contribution in [0.25, 0.3) is 27.5 Å². The molecule has 2 atom stereocenters. The lowest BCUT2D eigenvalue weighted by Crippen LogP contribution is -2.71. The molecule has 6 aliphatic heterocycles. The van der Waals surface area contributed by atoms with Gasteiger partial charge in [-0.05, 0) is 30.3 Å². The summed E-state index contributed by atoms with van der Waals surface area (Å²) in [7, 11) is 2.27. The van der Waals surface area contributed by atoms with E-state index >= 15 is 0 Å². The zero-order chi connectivity index (χ0) is 29.9. The van der Waals surface area contributed by atoms with Crippen LogP contribution in [0, 0.1) is 0 Å². The molecule has 0 N–H and O–H groups in total. The maximum Gasteiger partial charge on any atom is 0.292 e. The first-order valence-corrected chi connectivity index (χ1v) is 16.2. The van der Waals surface area contributed by atoms with Crippen LogP contribution in [0.15, 0.2) is 97.5 Å². The van der Waals surface area contributed by atoms with Crippen molar-refractivity contribution in [1.82, 2.24) is 9.47 Å². The Balaban J connectivity index is 1.41. The Bertz CT molecular complexity index is 2480. The lowest BCUT2D eigenvalue weighted by Gasteiger charge is -2.52. The van der Waals surface area contributed by atoms with Gasteiger partial charge in [0.2, 0.25) is 5.54 Å². The number of anilines is 4. The monoisotopic (exact) mass is 582 g/mol. The van der Waals surface area contributed by atoms with Crippen molar-refractivity contribution in [1.29, 1.82) is 0 Å². The van der Waals surface area contributed by atoms with Gasteiger partial charge in [-0.15, -0.1) is 0 Å². The lowest BCUT2D eigenvalue weighted by molar-refractivity contribution is -0.737. The number of benzene rings is 4. The molecule has 4 aromatic carbocycles. The van der Waals surface area contributed by atoms with Crippen molar-refractivity contribution in [2.75, 3.05) is 16.8 Å². The van der Waals surface area contributed by atoms with Crippen LogP contribution in [0.2, 0.25) is 0 Å². The predicted octanol–water partition coefficient (Wildman–Crippen LogP) is 7.80. The molecule has 216 valence electrons. The van der Waals surface area contributed by atoms with E-state index < -0.39 is 5.54 Å². The van der Waals surface area contributed by atoms with Crippen LogP contribution in [-0.4, -0.2) is 22.7 Å². The number of nitrogens with zero attached hydrogens (tertiary/aromatic N) is 5. The van der Waals surface area contributed by atoms with E-state index in [1.54, 1.807) is 0 Å². The Hall–Kier alpha value is -5.03. The van der Waals surface area contributed by atoms with E-state index in [9.17, 15) is 0 Å². The molecule has 0 aliphatic carbocycles. The van der Waals surface area contributed by atoms with Gasteiger partial charge in [-0.1, -0.05) is 76.2 Å². The summed E-state index contributed by atoms with van der Waals surface area (Å²) in [6, 6.07) is 30.4. The molecule has 5 heteroatoms. The summed E-state index contributed by atoms with van der Waals surface area (Å²) in [5.74, 6) is 1.32. The summed E-state index contributed by atoms with van der Waals surface area (Å²) in [6.45, 7) is 9.74. The molecule has 6 aromatic rings. The summed E-state index contributed by atoms with van der Waals surface area (Å²) < 4.78 is 5.30. The van der Waals surface area contributed by atoms with Crippen LogP contribution in [0.5, 0.6) is 0 Å². The molecule has 0 fully saturated rings. The van der Waals surface area contributed by atoms with E-state index in [2.05, 4.69) is 156 Å². The second-order valence-corrected chi connectivity index (χ2v) is 15.0. The van der Waals surface area contributed by atoms with Crippen molar-refractivity contribution in [2.45, 2.75) is 50.2 Å². The van der Waals surface area contributed by atoms with Crippen LogP contribution < -0.4 is 14.4 Å². The van der Waals surface area contributed by atoms with Gasteiger partial charge in [0.15, 0.2) is 6.17 Å². The average Bonchev–Trinajstić information content (AvgIpc) is 3.68. The van der Waals surface area contributed by atoms with Crippen molar-refractivity contribution in [3.8, 4) is 5.69 Å². The number of hydrogen-bond donors (Lipinski definition) is 0. The zero-order valence-corrected chi connectivity index (χ0v) is 26.1. The number of fused-ring (bicyclic) bond motifs is 6. The average molecular weight is 583 g/mol. The molecular weight excluding hydrogens is 550 g/mol. The highest BCUT2D eigenvalue weighted by Crippen LogP contribution is 2.68. The summed E-state index contributed by atoms with van der Waals surface area (Å²) in [4.78, 5) is 7.68. The fourth-order valence-electron chi connectivity index (χ4n) is 10.7. The minimum absolute atomic E-state index is 0.0681. The van der Waals surface area contributed by atoms with Crippen molar-refractivity contribution < 1.29 is 4.57 Å². The van der Waals surface area contributed by atoms with E-state index in [4.69, 9.17) is 0 Å². The van der Waals surface area contributed by atoms with Crippen molar-refractivity contribution >= 4 is 44.7 Å². The Morgan fingerprint density at radius 1 is 0.644 bits per heavy atom. The molecule has 2 aromatic heterocycles. The molecule has 2 unspecified atom stereocenters. The minimum Gasteiger partial charge on any atom is -0.354 e. The Kier molecular flexibility index (Phi) is 3.45. The molecule has 6 aliphatic rings. The molecule has 12 rings (SSSR count). The van der Waals surface area contributed by atoms with Crippen molar-refractivity contribution in [3.63, 3.8) is 0 Å². The van der Waals surface area contributed by atoms with E-state index in [1.807, 2.05) is 0 Å². The van der Waals surface area contributed by atoms with Crippen molar-refractivity contribution in [2.24, 2.45) is 0 Å². The highest BCUT2D eigenvalue weighted by molar-refractivity contribution is 6.14. The van der Waals surface area contributed by atoms with Crippen LogP contribution in [0.4, 0.5) is 22.9 Å². The highest BCUT2D eigenvalue weighted by atomic mass is 15.5. The maximum absolute atomic E-state index is 2.70. The van der Waals surface area contributed by atoms with Crippen molar-refractivity contribution in [3.05, 3.63) is 131 Å². The number of para-hydroxylation sites is 2. The quantitative estimate of drug-likeness (QED) is 0.170. The van der Waals surface area contributed by atoms with Gasteiger partial charge < -0.3 is 14.4 Å². The third kappa shape index (κ3) is 2.06. The van der Waals surface area contributed by atoms with Gasteiger partial charge in [0.25, 0.3) is 5.82 Å². The van der Waals surface area contributed by atoms with Crippen LogP contribution in [0.3, 0.4) is 0 Å². The fraction of sp³-hybridized carbons (Fsp3) is 0.225. The topological polar surface area (TPSA) is 18.5 Å². The number of pyridine rings is 1. The van der Waals surface area contributed by atoms with Gasteiger partial charge in [-0.3, -0.25) is 0 Å². The van der Waals surface area contributed by atoms with E-state index in [1.165, 1.54) is 83.8 Å². The largest absolute Gasteiger partial charge is 0.354 e. The molecule has 0 radical (unpaired) electrons.